The Morgan fingerprint density at radius 1 is 1.14 bits per heavy atom. The molecule has 0 radical (unpaired) electrons. The maximum absolute atomic E-state index is 11.0. The van der Waals surface area contributed by atoms with Crippen molar-refractivity contribution in [2.24, 2.45) is 0 Å². The van der Waals surface area contributed by atoms with Crippen molar-refractivity contribution in [2.75, 3.05) is 0 Å². The van der Waals surface area contributed by atoms with E-state index in [1.54, 1.807) is 6.07 Å². The van der Waals surface area contributed by atoms with Crippen molar-refractivity contribution in [3.8, 4) is 5.75 Å². The Bertz CT molecular complexity index is 673. The monoisotopic (exact) mass is 286 g/mol. The van der Waals surface area contributed by atoms with Gasteiger partial charge in [0.25, 0.3) is 0 Å². The summed E-state index contributed by atoms with van der Waals surface area (Å²) in [7, 11) is 0. The number of pyridine rings is 1. The summed E-state index contributed by atoms with van der Waals surface area (Å²) >= 11 is 0. The number of benzene rings is 1. The van der Waals surface area contributed by atoms with Gasteiger partial charge in [-0.2, -0.15) is 0 Å². The summed E-state index contributed by atoms with van der Waals surface area (Å²) in [5, 5.41) is 10.8. The number of rotatable bonds is 6. The van der Waals surface area contributed by atoms with E-state index in [1.807, 2.05) is 0 Å². The van der Waals surface area contributed by atoms with Crippen molar-refractivity contribution in [3.05, 3.63) is 63.3 Å². The second-order valence-electron chi connectivity index (χ2n) is 4.02. The molecule has 0 amide bonds. The summed E-state index contributed by atoms with van der Waals surface area (Å²) in [5.41, 5.74) is 0.970. The SMILES string of the molecule is O=Cc1cccc(C=O)c1COc1cccnc1[N+](=O)[O-]. The van der Waals surface area contributed by atoms with E-state index in [0.29, 0.717) is 29.3 Å². The van der Waals surface area contributed by atoms with Crippen molar-refractivity contribution < 1.29 is 19.2 Å². The number of carbonyl (C=O) groups excluding carboxylic acids is 2. The van der Waals surface area contributed by atoms with Crippen LogP contribution in [0.2, 0.25) is 0 Å². The summed E-state index contributed by atoms with van der Waals surface area (Å²) in [6.07, 6.45) is 2.48. The molecule has 1 aromatic heterocycles. The van der Waals surface area contributed by atoms with Crippen LogP contribution < -0.4 is 4.74 Å². The number of aldehydes is 2. The molecule has 0 aliphatic heterocycles. The lowest BCUT2D eigenvalue weighted by molar-refractivity contribution is -0.390. The predicted molar refractivity (Wildman–Crippen MR) is 72.4 cm³/mol. The van der Waals surface area contributed by atoms with Gasteiger partial charge < -0.3 is 14.9 Å². The largest absolute Gasteiger partial charge is 0.481 e. The number of carbonyl (C=O) groups is 2. The fourth-order valence-corrected chi connectivity index (χ4v) is 1.79. The number of hydrogen-bond acceptors (Lipinski definition) is 6. The third-order valence-corrected chi connectivity index (χ3v) is 2.80. The van der Waals surface area contributed by atoms with Crippen LogP contribution in [0.25, 0.3) is 0 Å². The van der Waals surface area contributed by atoms with Gasteiger partial charge in [-0.25, -0.2) is 0 Å². The molecule has 0 unspecified atom stereocenters. The summed E-state index contributed by atoms with van der Waals surface area (Å²) in [6.45, 7) is -0.143. The van der Waals surface area contributed by atoms with Crippen LogP contribution in [-0.4, -0.2) is 22.5 Å². The molecule has 0 bridgehead atoms. The van der Waals surface area contributed by atoms with Crippen LogP contribution in [0.4, 0.5) is 5.82 Å². The molecule has 0 N–H and O–H groups in total. The molecule has 106 valence electrons. The number of hydrogen-bond donors (Lipinski definition) is 0. The highest BCUT2D eigenvalue weighted by molar-refractivity contribution is 5.85. The number of aromatic nitrogens is 1. The maximum atomic E-state index is 11.0. The molecule has 0 spiro atoms. The average Bonchev–Trinajstić information content (AvgIpc) is 2.52. The fourth-order valence-electron chi connectivity index (χ4n) is 1.79. The number of ether oxygens (including phenoxy) is 1. The zero-order valence-electron chi connectivity index (χ0n) is 10.8. The van der Waals surface area contributed by atoms with Crippen LogP contribution in [-0.2, 0) is 6.61 Å². The van der Waals surface area contributed by atoms with Gasteiger partial charge in [0.15, 0.2) is 0 Å². The van der Waals surface area contributed by atoms with Gasteiger partial charge in [-0.15, -0.1) is 0 Å². The molecule has 0 atom stereocenters. The topological polar surface area (TPSA) is 99.4 Å². The molecule has 7 nitrogen and oxygen atoms in total. The molecular formula is C14H10N2O5. The van der Waals surface area contributed by atoms with E-state index >= 15 is 0 Å². The highest BCUT2D eigenvalue weighted by Gasteiger charge is 2.17. The number of nitro groups is 1. The van der Waals surface area contributed by atoms with Gasteiger partial charge in [-0.3, -0.25) is 9.59 Å². The minimum Gasteiger partial charge on any atom is -0.481 e. The predicted octanol–water partition coefficient (Wildman–Crippen LogP) is 2.19. The molecule has 2 aromatic rings. The maximum Gasteiger partial charge on any atom is 0.406 e. The lowest BCUT2D eigenvalue weighted by Crippen LogP contribution is -2.05. The summed E-state index contributed by atoms with van der Waals surface area (Å²) in [6, 6.07) is 7.54. The van der Waals surface area contributed by atoms with Crippen molar-refractivity contribution in [3.63, 3.8) is 0 Å². The first-order chi connectivity index (χ1) is 10.2. The van der Waals surface area contributed by atoms with Crippen LogP contribution in [0.1, 0.15) is 26.3 Å². The minimum absolute atomic E-state index is 0.0277. The third-order valence-electron chi connectivity index (χ3n) is 2.80. The molecule has 1 heterocycles. The van der Waals surface area contributed by atoms with E-state index in [4.69, 9.17) is 4.74 Å². The lowest BCUT2D eigenvalue weighted by Gasteiger charge is -2.10. The summed E-state index contributed by atoms with van der Waals surface area (Å²) in [4.78, 5) is 35.8. The second kappa shape index (κ2) is 6.38. The van der Waals surface area contributed by atoms with Gasteiger partial charge in [0.2, 0.25) is 5.75 Å². The highest BCUT2D eigenvalue weighted by Crippen LogP contribution is 2.25. The van der Waals surface area contributed by atoms with Crippen LogP contribution in [0.15, 0.2) is 36.5 Å². The van der Waals surface area contributed by atoms with Gasteiger partial charge in [0.1, 0.15) is 25.4 Å². The van der Waals surface area contributed by atoms with Crippen molar-refractivity contribution in [2.45, 2.75) is 6.61 Å². The normalized spacial score (nSPS) is 9.90. The van der Waals surface area contributed by atoms with E-state index in [-0.39, 0.29) is 12.4 Å². The first-order valence-corrected chi connectivity index (χ1v) is 5.92. The molecule has 0 fully saturated rings. The fraction of sp³-hybridized carbons (Fsp3) is 0.0714. The Morgan fingerprint density at radius 2 is 1.81 bits per heavy atom. The Kier molecular flexibility index (Phi) is 4.35. The van der Waals surface area contributed by atoms with Gasteiger partial charge in [-0.05, 0) is 22.0 Å². The number of nitrogens with zero attached hydrogens (tertiary/aromatic N) is 2. The lowest BCUT2D eigenvalue weighted by atomic mass is 10.0. The molecule has 0 saturated heterocycles. The highest BCUT2D eigenvalue weighted by atomic mass is 16.6. The third kappa shape index (κ3) is 3.08. The first kappa shape index (κ1) is 14.3. The van der Waals surface area contributed by atoms with Gasteiger partial charge in [0, 0.05) is 16.7 Å². The van der Waals surface area contributed by atoms with Crippen LogP contribution in [0.3, 0.4) is 0 Å². The van der Waals surface area contributed by atoms with E-state index in [9.17, 15) is 19.7 Å². The molecule has 0 saturated carbocycles. The Morgan fingerprint density at radius 3 is 2.38 bits per heavy atom. The van der Waals surface area contributed by atoms with Gasteiger partial charge in [-0.1, -0.05) is 18.2 Å². The van der Waals surface area contributed by atoms with E-state index in [2.05, 4.69) is 4.98 Å². The first-order valence-electron chi connectivity index (χ1n) is 5.92. The smallest absolute Gasteiger partial charge is 0.406 e. The quantitative estimate of drug-likeness (QED) is 0.458. The van der Waals surface area contributed by atoms with E-state index in [1.165, 1.54) is 30.5 Å². The van der Waals surface area contributed by atoms with Gasteiger partial charge >= 0.3 is 5.82 Å². The average molecular weight is 286 g/mol. The molecule has 0 aliphatic carbocycles. The van der Waals surface area contributed by atoms with Crippen LogP contribution >= 0.6 is 0 Å². The Hall–Kier alpha value is -3.09. The van der Waals surface area contributed by atoms with Gasteiger partial charge in [0.05, 0.1) is 0 Å². The molecular weight excluding hydrogens is 276 g/mol. The second-order valence-corrected chi connectivity index (χ2v) is 4.02. The van der Waals surface area contributed by atoms with Crippen molar-refractivity contribution in [1.82, 2.24) is 4.98 Å². The Balaban J connectivity index is 2.31. The van der Waals surface area contributed by atoms with Crippen LogP contribution in [0, 0.1) is 10.1 Å². The molecule has 7 heteroatoms. The molecule has 2 rings (SSSR count). The van der Waals surface area contributed by atoms with Crippen molar-refractivity contribution in [1.29, 1.82) is 0 Å². The zero-order chi connectivity index (χ0) is 15.2. The zero-order valence-corrected chi connectivity index (χ0v) is 10.8. The van der Waals surface area contributed by atoms with Crippen molar-refractivity contribution >= 4 is 18.4 Å². The Labute approximate surface area is 119 Å². The van der Waals surface area contributed by atoms with E-state index in [0.717, 1.165) is 0 Å². The molecule has 0 aliphatic rings. The molecule has 1 aromatic carbocycles. The summed E-state index contributed by atoms with van der Waals surface area (Å²) < 4.78 is 5.35. The summed E-state index contributed by atoms with van der Waals surface area (Å²) in [5.74, 6) is -0.450. The molecule has 21 heavy (non-hydrogen) atoms. The minimum atomic E-state index is -0.665. The standard InChI is InChI=1S/C14H10N2O5/c17-7-10-3-1-4-11(8-18)12(10)9-21-13-5-2-6-15-14(13)16(19)20/h1-8H,9H2. The van der Waals surface area contributed by atoms with E-state index < -0.39 is 10.7 Å². The van der Waals surface area contributed by atoms with Crippen LogP contribution in [0.5, 0.6) is 5.75 Å².